The number of carbonyl (C=O) groups is 2. The average molecular weight is 434 g/mol. The Labute approximate surface area is 133 Å². The Kier molecular flexibility index (Phi) is 13.4. The van der Waals surface area contributed by atoms with Crippen LogP contribution in [0, 0.1) is 0 Å². The zero-order valence-corrected chi connectivity index (χ0v) is 13.3. The standard InChI is InChI=1S/2C5H5F3O2.Mo.2O/c2*1-3(9)2-4(10)5(6,7)8;;;/h2*2,10H,1H3;;;/q;;+2;;/p-2/b2*4-2-;;;. The van der Waals surface area contributed by atoms with Crippen molar-refractivity contribution >= 4 is 11.6 Å². The molecule has 0 aromatic rings. The van der Waals surface area contributed by atoms with E-state index in [-0.39, 0.29) is 12.2 Å². The van der Waals surface area contributed by atoms with Crippen LogP contribution in [0.25, 0.3) is 0 Å². The van der Waals surface area contributed by atoms with Gasteiger partial charge in [0.1, 0.15) is 0 Å². The van der Waals surface area contributed by atoms with Gasteiger partial charge >= 0.3 is 37.6 Å². The van der Waals surface area contributed by atoms with Crippen LogP contribution in [0.5, 0.6) is 0 Å². The van der Waals surface area contributed by atoms with Crippen LogP contribution in [0.1, 0.15) is 13.8 Å². The fourth-order valence-electron chi connectivity index (χ4n) is 0.533. The summed E-state index contributed by atoms with van der Waals surface area (Å²) in [5, 5.41) is 19.7. The molecule has 0 atom stereocenters. The van der Waals surface area contributed by atoms with Crippen molar-refractivity contribution in [3.8, 4) is 0 Å². The van der Waals surface area contributed by atoms with Gasteiger partial charge in [0.15, 0.2) is 11.6 Å². The first kappa shape index (κ1) is 26.2. The topological polar surface area (TPSA) is 114 Å². The van der Waals surface area contributed by atoms with Crippen LogP contribution in [-0.4, -0.2) is 23.9 Å². The van der Waals surface area contributed by atoms with Gasteiger partial charge in [-0.15, -0.1) is 0 Å². The van der Waals surface area contributed by atoms with E-state index in [0.29, 0.717) is 0 Å². The molecular formula is C10H8F6MoO6. The second kappa shape index (κ2) is 11.8. The molecule has 0 aliphatic rings. The third-order valence-electron chi connectivity index (χ3n) is 1.23. The molecule has 0 rings (SSSR count). The molecule has 0 unspecified atom stereocenters. The molecule has 0 saturated carbocycles. The summed E-state index contributed by atoms with van der Waals surface area (Å²) in [6.07, 6.45) is -9.82. The predicted molar refractivity (Wildman–Crippen MR) is 51.0 cm³/mol. The molecule has 0 N–H and O–H groups in total. The predicted octanol–water partition coefficient (Wildman–Crippen LogP) is 0.524. The molecule has 23 heavy (non-hydrogen) atoms. The van der Waals surface area contributed by atoms with E-state index in [0.717, 1.165) is 13.8 Å². The fourth-order valence-corrected chi connectivity index (χ4v) is 0.533. The minimum absolute atomic E-state index is 0.0139. The summed E-state index contributed by atoms with van der Waals surface area (Å²) in [4.78, 5) is 19.8. The Bertz CT molecular complexity index is 459. The Morgan fingerprint density at radius 2 is 0.957 bits per heavy atom. The van der Waals surface area contributed by atoms with Crippen LogP contribution < -0.4 is 10.2 Å². The minimum atomic E-state index is -4.92. The van der Waals surface area contributed by atoms with Crippen molar-refractivity contribution in [2.24, 2.45) is 0 Å². The average Bonchev–Trinajstić information content (AvgIpc) is 2.26. The summed E-state index contributed by atoms with van der Waals surface area (Å²) in [7, 11) is 0. The monoisotopic (exact) mass is 436 g/mol. The molecule has 0 heterocycles. The number of allylic oxidation sites excluding steroid dienone is 4. The number of rotatable bonds is 2. The van der Waals surface area contributed by atoms with Crippen molar-refractivity contribution in [1.82, 2.24) is 0 Å². The third-order valence-corrected chi connectivity index (χ3v) is 1.23. The zero-order valence-electron chi connectivity index (χ0n) is 11.3. The van der Waals surface area contributed by atoms with Gasteiger partial charge in [-0.25, -0.2) is 0 Å². The summed E-state index contributed by atoms with van der Waals surface area (Å²) in [5.41, 5.74) is 0. The van der Waals surface area contributed by atoms with Crippen LogP contribution >= 0.6 is 0 Å². The molecule has 0 aromatic heterocycles. The summed E-state index contributed by atoms with van der Waals surface area (Å²) < 4.78 is 84.7. The van der Waals surface area contributed by atoms with Crippen LogP contribution in [0.2, 0.25) is 0 Å². The number of hydrogen-bond donors (Lipinski definition) is 0. The van der Waals surface area contributed by atoms with E-state index in [1.807, 2.05) is 0 Å². The van der Waals surface area contributed by atoms with Crippen LogP contribution in [0.3, 0.4) is 0 Å². The van der Waals surface area contributed by atoms with Gasteiger partial charge in [-0.2, -0.15) is 26.3 Å². The van der Waals surface area contributed by atoms with Gasteiger partial charge in [-0.05, 0) is 37.5 Å². The zero-order chi connectivity index (χ0) is 19.4. The quantitative estimate of drug-likeness (QED) is 0.271. The van der Waals surface area contributed by atoms with E-state index in [1.54, 1.807) is 0 Å². The second-order valence-electron chi connectivity index (χ2n) is 3.30. The molecule has 0 spiro atoms. The molecule has 132 valence electrons. The number of ketones is 2. The normalized spacial score (nSPS) is 12.0. The van der Waals surface area contributed by atoms with E-state index < -0.39 is 53.9 Å². The van der Waals surface area contributed by atoms with Crippen molar-refractivity contribution in [2.45, 2.75) is 26.2 Å². The van der Waals surface area contributed by atoms with Crippen LogP contribution in [-0.2, 0) is 34.9 Å². The molecule has 0 aliphatic heterocycles. The molecule has 6 nitrogen and oxygen atoms in total. The summed E-state index contributed by atoms with van der Waals surface area (Å²) >= 11 is -2.03. The first-order valence-electron chi connectivity index (χ1n) is 4.94. The molecule has 0 radical (unpaired) electrons. The van der Waals surface area contributed by atoms with Gasteiger partial charge in [0.05, 0.1) is 0 Å². The van der Waals surface area contributed by atoms with Gasteiger partial charge in [0.25, 0.3) is 0 Å². The van der Waals surface area contributed by atoms with Crippen molar-refractivity contribution in [3.63, 3.8) is 0 Å². The Balaban J connectivity index is -0.000000297. The van der Waals surface area contributed by atoms with Crippen molar-refractivity contribution < 1.29 is 71.4 Å². The number of halogens is 6. The Hall–Kier alpha value is -1.71. The summed E-state index contributed by atoms with van der Waals surface area (Å²) in [6, 6.07) is 0. The maximum absolute atomic E-state index is 11.3. The molecule has 0 aliphatic carbocycles. The second-order valence-corrected chi connectivity index (χ2v) is 3.64. The van der Waals surface area contributed by atoms with Crippen LogP contribution in [0.15, 0.2) is 23.7 Å². The number of hydrogen-bond acceptors (Lipinski definition) is 6. The van der Waals surface area contributed by atoms with Gasteiger partial charge in [-0.1, -0.05) is 0 Å². The van der Waals surface area contributed by atoms with Gasteiger partial charge in [0, 0.05) is 0 Å². The summed E-state index contributed by atoms with van der Waals surface area (Å²) in [6.45, 7) is 1.76. The third kappa shape index (κ3) is 20.3. The molecule has 0 aromatic carbocycles. The van der Waals surface area contributed by atoms with E-state index in [2.05, 4.69) is 0 Å². The van der Waals surface area contributed by atoms with E-state index >= 15 is 0 Å². The molecule has 0 amide bonds. The first-order chi connectivity index (χ1) is 10.1. The molecule has 0 saturated heterocycles. The molecule has 0 fully saturated rings. The summed E-state index contributed by atoms with van der Waals surface area (Å²) in [5.74, 6) is -6.02. The van der Waals surface area contributed by atoms with Crippen molar-refractivity contribution in [2.75, 3.05) is 0 Å². The molecule has 13 heteroatoms. The van der Waals surface area contributed by atoms with Crippen LogP contribution in [0.4, 0.5) is 26.3 Å². The maximum atomic E-state index is 11.3. The van der Waals surface area contributed by atoms with Gasteiger partial charge in [0.2, 0.25) is 0 Å². The Morgan fingerprint density at radius 1 is 0.783 bits per heavy atom. The molecular weight excluding hydrogens is 426 g/mol. The first-order valence-corrected chi connectivity index (χ1v) is 6.58. The van der Waals surface area contributed by atoms with E-state index in [4.69, 9.17) is 6.80 Å². The SMILES string of the molecule is CC(=O)/C=C(\[O-])C(F)(F)F.CC(=O)/C=C(\[O-])C(F)(F)F.[O]=[Mo+2]=[O]. The Morgan fingerprint density at radius 3 is 1.00 bits per heavy atom. The fraction of sp³-hybridized carbons (Fsp3) is 0.400. The molecule has 0 bridgehead atoms. The van der Waals surface area contributed by atoms with Crippen molar-refractivity contribution in [3.05, 3.63) is 23.7 Å². The van der Waals surface area contributed by atoms with E-state index in [9.17, 15) is 46.1 Å². The number of alkyl halides is 6. The van der Waals surface area contributed by atoms with Gasteiger partial charge in [-0.3, -0.25) is 9.59 Å². The number of carbonyl (C=O) groups excluding carboxylic acids is 2. The van der Waals surface area contributed by atoms with Gasteiger partial charge < -0.3 is 10.2 Å². The van der Waals surface area contributed by atoms with Crippen molar-refractivity contribution in [1.29, 1.82) is 0 Å². The van der Waals surface area contributed by atoms with E-state index in [1.165, 1.54) is 0 Å².